The summed E-state index contributed by atoms with van der Waals surface area (Å²) in [5.41, 5.74) is 2.51. The van der Waals surface area contributed by atoms with E-state index >= 15 is 0 Å². The molecule has 0 saturated carbocycles. The number of carbonyl (C=O) groups excluding carboxylic acids is 1. The monoisotopic (exact) mass is 543 g/mol. The Kier molecular flexibility index (Phi) is 6.84. The van der Waals surface area contributed by atoms with Crippen molar-refractivity contribution in [3.63, 3.8) is 0 Å². The third kappa shape index (κ3) is 5.34. The molecule has 0 bridgehead atoms. The van der Waals surface area contributed by atoms with Gasteiger partial charge in [-0.3, -0.25) is 0 Å². The third-order valence-corrected chi connectivity index (χ3v) is 5.31. The molecular formula is C25H19FINO4. The van der Waals surface area contributed by atoms with Crippen molar-refractivity contribution in [1.82, 2.24) is 0 Å². The second-order valence-electron chi connectivity index (χ2n) is 6.90. The van der Waals surface area contributed by atoms with Gasteiger partial charge < -0.3 is 14.2 Å². The molecule has 0 aliphatic carbocycles. The second kappa shape index (κ2) is 9.95. The number of halogens is 2. The minimum absolute atomic E-state index is 0.209. The summed E-state index contributed by atoms with van der Waals surface area (Å²) in [5, 5.41) is 0. The maximum Gasteiger partial charge on any atom is 0.363 e. The van der Waals surface area contributed by atoms with Crippen molar-refractivity contribution in [1.29, 1.82) is 0 Å². The first-order valence-electron chi connectivity index (χ1n) is 9.94. The summed E-state index contributed by atoms with van der Waals surface area (Å²) in [4.78, 5) is 16.6. The first-order valence-corrected chi connectivity index (χ1v) is 11.0. The van der Waals surface area contributed by atoms with Crippen molar-refractivity contribution in [3.8, 4) is 11.5 Å². The summed E-state index contributed by atoms with van der Waals surface area (Å²) in [6.45, 7) is 2.60. The van der Waals surface area contributed by atoms with E-state index in [0.29, 0.717) is 18.1 Å². The molecule has 7 heteroatoms. The van der Waals surface area contributed by atoms with Crippen LogP contribution in [0.3, 0.4) is 0 Å². The topological polar surface area (TPSA) is 57.1 Å². The maximum absolute atomic E-state index is 13.1. The van der Waals surface area contributed by atoms with Crippen LogP contribution in [0.2, 0.25) is 0 Å². The van der Waals surface area contributed by atoms with Gasteiger partial charge in [-0.05, 0) is 95.2 Å². The summed E-state index contributed by atoms with van der Waals surface area (Å²) in [5.74, 6) is 0.571. The van der Waals surface area contributed by atoms with Crippen LogP contribution in [0.4, 0.5) is 4.39 Å². The lowest BCUT2D eigenvalue weighted by atomic mass is 10.1. The molecular weight excluding hydrogens is 524 g/mol. The molecule has 0 amide bonds. The number of esters is 1. The van der Waals surface area contributed by atoms with Gasteiger partial charge >= 0.3 is 5.97 Å². The van der Waals surface area contributed by atoms with E-state index in [-0.39, 0.29) is 24.0 Å². The first kappa shape index (κ1) is 22.0. The normalized spacial score (nSPS) is 14.3. The van der Waals surface area contributed by atoms with Gasteiger partial charge in [0.2, 0.25) is 5.90 Å². The molecule has 3 aromatic rings. The minimum Gasteiger partial charge on any atom is -0.490 e. The fraction of sp³-hybridized carbons (Fsp3) is 0.120. The van der Waals surface area contributed by atoms with Gasteiger partial charge in [-0.15, -0.1) is 0 Å². The lowest BCUT2D eigenvalue weighted by Crippen LogP contribution is -2.05. The predicted molar refractivity (Wildman–Crippen MR) is 128 cm³/mol. The van der Waals surface area contributed by atoms with Crippen molar-refractivity contribution in [2.75, 3.05) is 6.61 Å². The van der Waals surface area contributed by atoms with Crippen LogP contribution in [0, 0.1) is 9.39 Å². The molecule has 0 N–H and O–H groups in total. The molecule has 1 heterocycles. The van der Waals surface area contributed by atoms with Crippen molar-refractivity contribution in [3.05, 3.63) is 98.5 Å². The molecule has 0 aromatic heterocycles. The molecule has 0 atom stereocenters. The second-order valence-corrected chi connectivity index (χ2v) is 8.14. The van der Waals surface area contributed by atoms with Crippen LogP contribution in [0.1, 0.15) is 23.6 Å². The summed E-state index contributed by atoms with van der Waals surface area (Å²) >= 11 is 2.21. The highest BCUT2D eigenvalue weighted by Crippen LogP contribution is 2.31. The van der Waals surface area contributed by atoms with Gasteiger partial charge in [-0.2, -0.15) is 0 Å². The molecule has 1 aliphatic rings. The van der Waals surface area contributed by atoms with Gasteiger partial charge in [0.15, 0.2) is 17.2 Å². The van der Waals surface area contributed by atoms with Gasteiger partial charge in [0.1, 0.15) is 12.4 Å². The smallest absolute Gasteiger partial charge is 0.363 e. The molecule has 0 radical (unpaired) electrons. The van der Waals surface area contributed by atoms with E-state index in [1.807, 2.05) is 31.2 Å². The van der Waals surface area contributed by atoms with Crippen molar-refractivity contribution >= 4 is 40.5 Å². The van der Waals surface area contributed by atoms with E-state index in [1.165, 1.54) is 12.1 Å². The van der Waals surface area contributed by atoms with Gasteiger partial charge in [0.05, 0.1) is 6.61 Å². The Labute approximate surface area is 198 Å². The quantitative estimate of drug-likeness (QED) is 0.216. The van der Waals surface area contributed by atoms with Gasteiger partial charge in [0.25, 0.3) is 0 Å². The molecule has 0 fully saturated rings. The number of hydrogen-bond acceptors (Lipinski definition) is 5. The molecule has 4 rings (SSSR count). The van der Waals surface area contributed by atoms with Crippen LogP contribution in [0.25, 0.3) is 6.08 Å². The zero-order valence-electron chi connectivity index (χ0n) is 17.2. The zero-order valence-corrected chi connectivity index (χ0v) is 19.3. The summed E-state index contributed by atoms with van der Waals surface area (Å²) < 4.78 is 31.1. The van der Waals surface area contributed by atoms with E-state index in [4.69, 9.17) is 14.2 Å². The number of cyclic esters (lactones) is 1. The number of aliphatic imine (C=N–C) groups is 1. The van der Waals surface area contributed by atoms with Crippen LogP contribution in [-0.4, -0.2) is 18.5 Å². The van der Waals surface area contributed by atoms with Crippen LogP contribution < -0.4 is 9.47 Å². The molecule has 3 aromatic carbocycles. The zero-order chi connectivity index (χ0) is 22.5. The summed E-state index contributed by atoms with van der Waals surface area (Å²) in [6.07, 6.45) is 1.65. The Morgan fingerprint density at radius 1 is 1.00 bits per heavy atom. The van der Waals surface area contributed by atoms with E-state index in [0.717, 1.165) is 20.3 Å². The SMILES string of the molecule is CCOc1cc(/C=C2\N=C(c3ccc(I)cc3)OC2=O)ccc1OCc1ccc(F)cc1. The number of benzene rings is 3. The molecule has 0 unspecified atom stereocenters. The van der Waals surface area contributed by atoms with Crippen molar-refractivity contribution in [2.45, 2.75) is 13.5 Å². The number of hydrogen-bond donors (Lipinski definition) is 0. The molecule has 32 heavy (non-hydrogen) atoms. The van der Waals surface area contributed by atoms with E-state index in [2.05, 4.69) is 27.6 Å². The number of nitrogens with zero attached hydrogens (tertiary/aromatic N) is 1. The standard InChI is InChI=1S/C25H19FINO4/c1-2-30-23-14-17(5-12-22(23)31-15-16-3-8-19(26)9-4-16)13-21-25(29)32-24(28-21)18-6-10-20(27)11-7-18/h3-14H,2,15H2,1H3/b21-13-. The van der Waals surface area contributed by atoms with E-state index in [9.17, 15) is 9.18 Å². The summed E-state index contributed by atoms with van der Waals surface area (Å²) in [7, 11) is 0. The first-order chi connectivity index (χ1) is 15.5. The number of rotatable bonds is 7. The minimum atomic E-state index is -0.506. The van der Waals surface area contributed by atoms with Crippen LogP contribution in [-0.2, 0) is 16.1 Å². The van der Waals surface area contributed by atoms with Crippen LogP contribution in [0.15, 0.2) is 77.4 Å². The number of carbonyl (C=O) groups is 1. The molecule has 162 valence electrons. The van der Waals surface area contributed by atoms with Crippen LogP contribution >= 0.6 is 22.6 Å². The van der Waals surface area contributed by atoms with Gasteiger partial charge in [-0.1, -0.05) is 18.2 Å². The average Bonchev–Trinajstić information content (AvgIpc) is 3.15. The predicted octanol–water partition coefficient (Wildman–Crippen LogP) is 5.75. The van der Waals surface area contributed by atoms with Crippen molar-refractivity contribution in [2.24, 2.45) is 4.99 Å². The molecule has 5 nitrogen and oxygen atoms in total. The largest absolute Gasteiger partial charge is 0.490 e. The molecule has 1 aliphatic heterocycles. The lowest BCUT2D eigenvalue weighted by Gasteiger charge is -2.13. The Morgan fingerprint density at radius 3 is 2.47 bits per heavy atom. The average molecular weight is 543 g/mol. The van der Waals surface area contributed by atoms with Crippen LogP contribution in [0.5, 0.6) is 11.5 Å². The third-order valence-electron chi connectivity index (χ3n) is 4.59. The highest BCUT2D eigenvalue weighted by Gasteiger charge is 2.24. The Balaban J connectivity index is 1.54. The van der Waals surface area contributed by atoms with Gasteiger partial charge in [0, 0.05) is 9.13 Å². The Bertz CT molecular complexity index is 1190. The lowest BCUT2D eigenvalue weighted by molar-refractivity contribution is -0.129. The fourth-order valence-electron chi connectivity index (χ4n) is 3.03. The highest BCUT2D eigenvalue weighted by molar-refractivity contribution is 14.1. The van der Waals surface area contributed by atoms with E-state index < -0.39 is 5.97 Å². The highest BCUT2D eigenvalue weighted by atomic mass is 127. The number of ether oxygens (including phenoxy) is 3. The maximum atomic E-state index is 13.1. The summed E-state index contributed by atoms with van der Waals surface area (Å²) in [6, 6.07) is 19.0. The van der Waals surface area contributed by atoms with E-state index in [1.54, 1.807) is 36.4 Å². The van der Waals surface area contributed by atoms with Crippen molar-refractivity contribution < 1.29 is 23.4 Å². The molecule has 0 spiro atoms. The fourth-order valence-corrected chi connectivity index (χ4v) is 3.39. The van der Waals surface area contributed by atoms with Gasteiger partial charge in [-0.25, -0.2) is 14.2 Å². The molecule has 0 saturated heterocycles. The Hall–Kier alpha value is -3.20. The Morgan fingerprint density at radius 2 is 1.75 bits per heavy atom.